The van der Waals surface area contributed by atoms with Crippen molar-refractivity contribution in [1.82, 2.24) is 5.32 Å². The maximum atomic E-state index is 13.4. The lowest BCUT2D eigenvalue weighted by Gasteiger charge is -2.09. The molecule has 1 aromatic rings. The predicted molar refractivity (Wildman–Crippen MR) is 76.6 cm³/mol. The Morgan fingerprint density at radius 2 is 2.05 bits per heavy atom. The molecule has 108 valence electrons. The lowest BCUT2D eigenvalue weighted by Crippen LogP contribution is -2.22. The monoisotopic (exact) mass is 308 g/mol. The van der Waals surface area contributed by atoms with Gasteiger partial charge in [-0.3, -0.25) is 4.72 Å². The first-order chi connectivity index (χ1) is 8.94. The van der Waals surface area contributed by atoms with Crippen LogP contribution in [-0.2, 0) is 10.0 Å². The molecule has 0 spiro atoms. The molecule has 0 unspecified atom stereocenters. The zero-order valence-electron chi connectivity index (χ0n) is 10.7. The van der Waals surface area contributed by atoms with Crippen LogP contribution in [0.15, 0.2) is 18.2 Å². The van der Waals surface area contributed by atoms with Gasteiger partial charge in [-0.2, -0.15) is 0 Å². The first kappa shape index (κ1) is 16.2. The first-order valence-corrected chi connectivity index (χ1v) is 8.14. The zero-order valence-corrected chi connectivity index (χ0v) is 12.3. The fourth-order valence-electron chi connectivity index (χ4n) is 1.48. The van der Waals surface area contributed by atoms with E-state index in [-0.39, 0.29) is 16.5 Å². The summed E-state index contributed by atoms with van der Waals surface area (Å²) in [6.07, 6.45) is 1.48. The van der Waals surface area contributed by atoms with Crippen molar-refractivity contribution >= 4 is 27.3 Å². The number of halogens is 2. The number of anilines is 1. The highest BCUT2D eigenvalue weighted by atomic mass is 35.5. The van der Waals surface area contributed by atoms with Crippen molar-refractivity contribution in [3.05, 3.63) is 29.0 Å². The third kappa shape index (κ3) is 6.22. The van der Waals surface area contributed by atoms with E-state index in [0.717, 1.165) is 19.0 Å². The van der Waals surface area contributed by atoms with Gasteiger partial charge in [0.05, 0.1) is 11.4 Å². The Morgan fingerprint density at radius 1 is 1.32 bits per heavy atom. The lowest BCUT2D eigenvalue weighted by molar-refractivity contribution is 0.591. The predicted octanol–water partition coefficient (Wildman–Crippen LogP) is 2.61. The van der Waals surface area contributed by atoms with Crippen molar-refractivity contribution in [2.75, 3.05) is 23.6 Å². The summed E-state index contributed by atoms with van der Waals surface area (Å²) in [5.74, 6) is -0.730. The van der Waals surface area contributed by atoms with E-state index in [1.54, 1.807) is 0 Å². The lowest BCUT2D eigenvalue weighted by atomic mass is 10.3. The highest BCUT2D eigenvalue weighted by molar-refractivity contribution is 7.92. The number of hydrogen-bond donors (Lipinski definition) is 2. The van der Waals surface area contributed by atoms with Crippen molar-refractivity contribution in [2.45, 2.75) is 19.8 Å². The molecule has 0 aromatic heterocycles. The first-order valence-electron chi connectivity index (χ1n) is 6.11. The van der Waals surface area contributed by atoms with Gasteiger partial charge >= 0.3 is 0 Å². The molecule has 1 aromatic carbocycles. The molecule has 2 N–H and O–H groups in total. The smallest absolute Gasteiger partial charge is 0.232 e. The molecule has 0 aliphatic carbocycles. The molecule has 0 radical (unpaired) electrons. The van der Waals surface area contributed by atoms with E-state index in [0.29, 0.717) is 13.0 Å². The Balaban J connectivity index is 2.50. The minimum atomic E-state index is -3.53. The Kier molecular flexibility index (Phi) is 6.54. The van der Waals surface area contributed by atoms with Gasteiger partial charge in [-0.15, -0.1) is 0 Å². The van der Waals surface area contributed by atoms with E-state index in [1.165, 1.54) is 12.1 Å². The van der Waals surface area contributed by atoms with Gasteiger partial charge in [0, 0.05) is 5.02 Å². The van der Waals surface area contributed by atoms with Crippen LogP contribution in [0.25, 0.3) is 0 Å². The van der Waals surface area contributed by atoms with E-state index >= 15 is 0 Å². The SMILES string of the molecule is CCCNCCCS(=O)(=O)Nc1ccc(Cl)cc1F. The number of rotatable bonds is 8. The molecule has 0 atom stereocenters. The number of nitrogens with one attached hydrogen (secondary N) is 2. The van der Waals surface area contributed by atoms with Gasteiger partial charge in [-0.1, -0.05) is 18.5 Å². The molecule has 0 aliphatic rings. The number of benzene rings is 1. The molecule has 4 nitrogen and oxygen atoms in total. The van der Waals surface area contributed by atoms with Crippen LogP contribution in [0.3, 0.4) is 0 Å². The van der Waals surface area contributed by atoms with Crippen molar-refractivity contribution in [3.63, 3.8) is 0 Å². The van der Waals surface area contributed by atoms with Crippen molar-refractivity contribution in [3.8, 4) is 0 Å². The third-order valence-electron chi connectivity index (χ3n) is 2.39. The van der Waals surface area contributed by atoms with Crippen molar-refractivity contribution < 1.29 is 12.8 Å². The van der Waals surface area contributed by atoms with Crippen LogP contribution >= 0.6 is 11.6 Å². The second-order valence-corrected chi connectivity index (χ2v) is 6.43. The highest BCUT2D eigenvalue weighted by Gasteiger charge is 2.13. The fourth-order valence-corrected chi connectivity index (χ4v) is 2.77. The molecule has 0 aliphatic heterocycles. The van der Waals surface area contributed by atoms with Crippen LogP contribution in [0, 0.1) is 5.82 Å². The number of sulfonamides is 1. The summed E-state index contributed by atoms with van der Waals surface area (Å²) in [4.78, 5) is 0. The van der Waals surface area contributed by atoms with Crippen LogP contribution in [0.4, 0.5) is 10.1 Å². The van der Waals surface area contributed by atoms with Crippen LogP contribution in [0.2, 0.25) is 5.02 Å². The minimum Gasteiger partial charge on any atom is -0.317 e. The van der Waals surface area contributed by atoms with Crippen molar-refractivity contribution in [2.24, 2.45) is 0 Å². The topological polar surface area (TPSA) is 58.2 Å². The van der Waals surface area contributed by atoms with Gasteiger partial charge in [0.2, 0.25) is 10.0 Å². The molecule has 0 amide bonds. The second-order valence-electron chi connectivity index (χ2n) is 4.15. The van der Waals surface area contributed by atoms with Crippen LogP contribution < -0.4 is 10.0 Å². The largest absolute Gasteiger partial charge is 0.317 e. The summed E-state index contributed by atoms with van der Waals surface area (Å²) >= 11 is 5.59. The van der Waals surface area contributed by atoms with E-state index in [2.05, 4.69) is 10.0 Å². The summed E-state index contributed by atoms with van der Waals surface area (Å²) in [6, 6.07) is 3.82. The molecule has 19 heavy (non-hydrogen) atoms. The summed E-state index contributed by atoms with van der Waals surface area (Å²) in [6.45, 7) is 3.52. The molecule has 1 rings (SSSR count). The summed E-state index contributed by atoms with van der Waals surface area (Å²) in [7, 11) is -3.53. The molecule has 0 fully saturated rings. The van der Waals surface area contributed by atoms with Crippen molar-refractivity contribution in [1.29, 1.82) is 0 Å². The van der Waals surface area contributed by atoms with Gasteiger partial charge in [-0.25, -0.2) is 12.8 Å². The summed E-state index contributed by atoms with van der Waals surface area (Å²) in [5, 5.41) is 3.33. The maximum Gasteiger partial charge on any atom is 0.232 e. The van der Waals surface area contributed by atoms with Gasteiger partial charge in [0.1, 0.15) is 5.82 Å². The minimum absolute atomic E-state index is 0.0498. The van der Waals surface area contributed by atoms with Crippen LogP contribution in [-0.4, -0.2) is 27.3 Å². The van der Waals surface area contributed by atoms with E-state index < -0.39 is 15.8 Å². The average molecular weight is 309 g/mol. The summed E-state index contributed by atoms with van der Waals surface area (Å²) < 4.78 is 39.1. The molecule has 0 saturated heterocycles. The van der Waals surface area contributed by atoms with Crippen LogP contribution in [0.5, 0.6) is 0 Å². The normalized spacial score (nSPS) is 11.5. The molecular weight excluding hydrogens is 291 g/mol. The van der Waals surface area contributed by atoms with Gasteiger partial charge in [0.15, 0.2) is 0 Å². The zero-order chi connectivity index (χ0) is 14.3. The molecule has 7 heteroatoms. The Bertz CT molecular complexity index is 508. The molecular formula is C12H18ClFN2O2S. The maximum absolute atomic E-state index is 13.4. The number of hydrogen-bond acceptors (Lipinski definition) is 3. The average Bonchev–Trinajstić information content (AvgIpc) is 2.32. The molecule has 0 heterocycles. The van der Waals surface area contributed by atoms with Gasteiger partial charge < -0.3 is 5.32 Å². The fraction of sp³-hybridized carbons (Fsp3) is 0.500. The van der Waals surface area contributed by atoms with E-state index in [9.17, 15) is 12.8 Å². The Labute approximate surface area is 118 Å². The van der Waals surface area contributed by atoms with E-state index in [4.69, 9.17) is 11.6 Å². The van der Waals surface area contributed by atoms with Gasteiger partial charge in [0.25, 0.3) is 0 Å². The Hall–Kier alpha value is -0.850. The Morgan fingerprint density at radius 3 is 2.68 bits per heavy atom. The highest BCUT2D eigenvalue weighted by Crippen LogP contribution is 2.19. The second kappa shape index (κ2) is 7.67. The van der Waals surface area contributed by atoms with E-state index in [1.807, 2.05) is 6.92 Å². The standard InChI is InChI=1S/C12H18ClFN2O2S/c1-2-6-15-7-3-8-19(17,18)16-12-5-4-10(13)9-11(12)14/h4-5,9,15-16H,2-3,6-8H2,1H3. The van der Waals surface area contributed by atoms with Gasteiger partial charge in [-0.05, 0) is 44.1 Å². The summed E-state index contributed by atoms with van der Waals surface area (Å²) in [5.41, 5.74) is -0.0779. The quantitative estimate of drug-likeness (QED) is 0.726. The van der Waals surface area contributed by atoms with Crippen LogP contribution in [0.1, 0.15) is 19.8 Å². The third-order valence-corrected chi connectivity index (χ3v) is 3.98. The molecule has 0 saturated carbocycles. The molecule has 0 bridgehead atoms.